The van der Waals surface area contributed by atoms with Gasteiger partial charge in [-0.15, -0.1) is 0 Å². The number of imidazole rings is 1. The second kappa shape index (κ2) is 7.36. The number of nitrogens with two attached hydrogens (primary N) is 1. The summed E-state index contributed by atoms with van der Waals surface area (Å²) in [6, 6.07) is 10.5. The zero-order valence-electron chi connectivity index (χ0n) is 16.2. The molecular weight excluding hydrogens is 355 g/mol. The molecule has 0 aliphatic heterocycles. The van der Waals surface area contributed by atoms with Gasteiger partial charge < -0.3 is 15.6 Å². The summed E-state index contributed by atoms with van der Waals surface area (Å²) >= 11 is 0. The zero-order valence-corrected chi connectivity index (χ0v) is 16.2. The number of carbonyl (C=O) groups is 1. The largest absolute Gasteiger partial charge is 0.330 e. The van der Waals surface area contributed by atoms with Gasteiger partial charge >= 0.3 is 0 Å². The molecule has 4 rings (SSSR count). The third kappa shape index (κ3) is 3.29. The van der Waals surface area contributed by atoms with E-state index in [4.69, 9.17) is 5.73 Å². The molecule has 1 saturated carbocycles. The molecule has 0 radical (unpaired) electrons. The van der Waals surface area contributed by atoms with Gasteiger partial charge in [0.2, 0.25) is 5.91 Å². The Hall–Kier alpha value is -2.73. The zero-order chi connectivity index (χ0) is 19.8. The number of aryl methyl sites for hydroxylation is 2. The fourth-order valence-electron chi connectivity index (χ4n) is 4.22. The Balaban J connectivity index is 1.66. The average molecular weight is 380 g/mol. The van der Waals surface area contributed by atoms with Crippen LogP contribution in [0.4, 0.5) is 10.1 Å². The van der Waals surface area contributed by atoms with Gasteiger partial charge in [0.05, 0.1) is 11.0 Å². The number of halogens is 1. The van der Waals surface area contributed by atoms with Crippen LogP contribution in [-0.4, -0.2) is 22.0 Å². The second-order valence-corrected chi connectivity index (χ2v) is 7.68. The fourth-order valence-corrected chi connectivity index (χ4v) is 4.22. The first-order valence-corrected chi connectivity index (χ1v) is 9.72. The number of benzene rings is 2. The first kappa shape index (κ1) is 18.6. The Morgan fingerprint density at radius 1 is 1.29 bits per heavy atom. The molecule has 0 bridgehead atoms. The van der Waals surface area contributed by atoms with Crippen LogP contribution in [0.25, 0.3) is 22.4 Å². The maximum atomic E-state index is 13.5. The topological polar surface area (TPSA) is 72.9 Å². The van der Waals surface area contributed by atoms with Gasteiger partial charge in [-0.05, 0) is 56.0 Å². The summed E-state index contributed by atoms with van der Waals surface area (Å²) in [6.07, 6.45) is 2.96. The molecule has 3 N–H and O–H groups in total. The lowest BCUT2D eigenvalue weighted by Crippen LogP contribution is -2.30. The molecule has 2 atom stereocenters. The predicted molar refractivity (Wildman–Crippen MR) is 109 cm³/mol. The molecule has 146 valence electrons. The lowest BCUT2D eigenvalue weighted by Gasteiger charge is -2.18. The number of rotatable bonds is 4. The quantitative estimate of drug-likeness (QED) is 0.718. The van der Waals surface area contributed by atoms with Gasteiger partial charge in [-0.3, -0.25) is 4.79 Å². The van der Waals surface area contributed by atoms with Gasteiger partial charge in [-0.25, -0.2) is 9.37 Å². The SMILES string of the molecule is Cc1ccc(-c2nc3cc(F)ccc3n2C)cc1NC(=O)[C@@H]1CCC[C@@H]1CN. The van der Waals surface area contributed by atoms with E-state index in [1.807, 2.05) is 36.7 Å². The van der Waals surface area contributed by atoms with E-state index < -0.39 is 0 Å². The summed E-state index contributed by atoms with van der Waals surface area (Å²) in [7, 11) is 1.91. The van der Waals surface area contributed by atoms with Crippen LogP contribution in [0, 0.1) is 24.6 Å². The fraction of sp³-hybridized carbons (Fsp3) is 0.364. The number of aromatic nitrogens is 2. The first-order valence-electron chi connectivity index (χ1n) is 9.72. The van der Waals surface area contributed by atoms with Crippen LogP contribution in [0.5, 0.6) is 0 Å². The van der Waals surface area contributed by atoms with Crippen LogP contribution in [0.1, 0.15) is 24.8 Å². The second-order valence-electron chi connectivity index (χ2n) is 7.68. The molecule has 5 nitrogen and oxygen atoms in total. The molecule has 1 fully saturated rings. The first-order chi connectivity index (χ1) is 13.5. The highest BCUT2D eigenvalue weighted by molar-refractivity contribution is 5.94. The maximum Gasteiger partial charge on any atom is 0.227 e. The molecule has 3 aromatic rings. The minimum Gasteiger partial charge on any atom is -0.330 e. The predicted octanol–water partition coefficient (Wildman–Crippen LogP) is 4.00. The van der Waals surface area contributed by atoms with Crippen molar-refractivity contribution in [3.8, 4) is 11.4 Å². The maximum absolute atomic E-state index is 13.5. The minimum absolute atomic E-state index is 0.0215. The molecule has 1 heterocycles. The Bertz CT molecular complexity index is 1040. The van der Waals surface area contributed by atoms with Gasteiger partial charge in [-0.1, -0.05) is 18.6 Å². The van der Waals surface area contributed by atoms with Crippen molar-refractivity contribution in [1.29, 1.82) is 0 Å². The monoisotopic (exact) mass is 380 g/mol. The number of nitrogens with one attached hydrogen (secondary N) is 1. The lowest BCUT2D eigenvalue weighted by molar-refractivity contribution is -0.120. The highest BCUT2D eigenvalue weighted by Crippen LogP contribution is 2.33. The van der Waals surface area contributed by atoms with E-state index in [1.165, 1.54) is 12.1 Å². The van der Waals surface area contributed by atoms with Crippen molar-refractivity contribution in [3.63, 3.8) is 0 Å². The normalized spacial score (nSPS) is 19.3. The van der Waals surface area contributed by atoms with E-state index in [9.17, 15) is 9.18 Å². The minimum atomic E-state index is -0.306. The summed E-state index contributed by atoms with van der Waals surface area (Å²) in [5.41, 5.74) is 9.95. The van der Waals surface area contributed by atoms with E-state index in [2.05, 4.69) is 10.3 Å². The lowest BCUT2D eigenvalue weighted by atomic mass is 9.95. The molecule has 1 amide bonds. The summed E-state index contributed by atoms with van der Waals surface area (Å²) < 4.78 is 15.5. The molecule has 0 spiro atoms. The Morgan fingerprint density at radius 3 is 2.89 bits per heavy atom. The number of amides is 1. The number of hydrogen-bond acceptors (Lipinski definition) is 3. The van der Waals surface area contributed by atoms with Crippen LogP contribution in [0.15, 0.2) is 36.4 Å². The molecule has 1 aliphatic rings. The van der Waals surface area contributed by atoms with E-state index in [-0.39, 0.29) is 23.6 Å². The van der Waals surface area contributed by atoms with Gasteiger partial charge in [-0.2, -0.15) is 0 Å². The van der Waals surface area contributed by atoms with Crippen LogP contribution >= 0.6 is 0 Å². The molecule has 1 aliphatic carbocycles. The van der Waals surface area contributed by atoms with Crippen LogP contribution in [0.2, 0.25) is 0 Å². The summed E-state index contributed by atoms with van der Waals surface area (Å²) in [6.45, 7) is 2.52. The van der Waals surface area contributed by atoms with E-state index in [0.717, 1.165) is 47.4 Å². The van der Waals surface area contributed by atoms with Crippen molar-refractivity contribution in [1.82, 2.24) is 9.55 Å². The smallest absolute Gasteiger partial charge is 0.227 e. The molecular formula is C22H25FN4O. The standard InChI is InChI=1S/C22H25FN4O/c1-13-6-7-14(21-25-19-11-16(23)8-9-20(19)27(21)2)10-18(13)26-22(28)17-5-3-4-15(17)12-24/h6-11,15,17H,3-5,12,24H2,1-2H3,(H,26,28)/t15-,17-/m1/s1. The van der Waals surface area contributed by atoms with Gasteiger partial charge in [0.25, 0.3) is 0 Å². The van der Waals surface area contributed by atoms with Crippen LogP contribution < -0.4 is 11.1 Å². The highest BCUT2D eigenvalue weighted by Gasteiger charge is 2.32. The number of fused-ring (bicyclic) bond motifs is 1. The Kier molecular flexibility index (Phi) is 4.89. The number of hydrogen-bond donors (Lipinski definition) is 2. The third-order valence-electron chi connectivity index (χ3n) is 5.90. The van der Waals surface area contributed by atoms with Gasteiger partial charge in [0, 0.05) is 30.3 Å². The average Bonchev–Trinajstić information content (AvgIpc) is 3.28. The number of anilines is 1. The van der Waals surface area contributed by atoms with E-state index in [1.54, 1.807) is 6.07 Å². The van der Waals surface area contributed by atoms with Crippen molar-refractivity contribution in [3.05, 3.63) is 47.8 Å². The Labute approximate surface area is 163 Å². The van der Waals surface area contributed by atoms with Crippen molar-refractivity contribution in [2.75, 3.05) is 11.9 Å². The van der Waals surface area contributed by atoms with E-state index in [0.29, 0.717) is 12.1 Å². The third-order valence-corrected chi connectivity index (χ3v) is 5.90. The molecule has 2 aromatic carbocycles. The number of carbonyl (C=O) groups excluding carboxylic acids is 1. The summed E-state index contributed by atoms with van der Waals surface area (Å²) in [5, 5.41) is 3.10. The molecule has 0 unspecified atom stereocenters. The molecule has 0 saturated heterocycles. The van der Waals surface area contributed by atoms with Gasteiger partial charge in [0.15, 0.2) is 0 Å². The summed E-state index contributed by atoms with van der Waals surface area (Å²) in [5.74, 6) is 0.710. The van der Waals surface area contributed by atoms with Gasteiger partial charge in [0.1, 0.15) is 11.6 Å². The molecule has 1 aromatic heterocycles. The summed E-state index contributed by atoms with van der Waals surface area (Å²) in [4.78, 5) is 17.4. The van der Waals surface area contributed by atoms with Crippen LogP contribution in [-0.2, 0) is 11.8 Å². The van der Waals surface area contributed by atoms with Crippen molar-refractivity contribution < 1.29 is 9.18 Å². The van der Waals surface area contributed by atoms with Crippen LogP contribution in [0.3, 0.4) is 0 Å². The number of nitrogens with zero attached hydrogens (tertiary/aromatic N) is 2. The highest BCUT2D eigenvalue weighted by atomic mass is 19.1. The van der Waals surface area contributed by atoms with Crippen molar-refractivity contribution in [2.24, 2.45) is 24.6 Å². The Morgan fingerprint density at radius 2 is 2.11 bits per heavy atom. The van der Waals surface area contributed by atoms with E-state index >= 15 is 0 Å². The molecule has 28 heavy (non-hydrogen) atoms. The van der Waals surface area contributed by atoms with Crippen molar-refractivity contribution >= 4 is 22.6 Å². The van der Waals surface area contributed by atoms with Crippen molar-refractivity contribution in [2.45, 2.75) is 26.2 Å². The molecule has 6 heteroatoms.